The van der Waals surface area contributed by atoms with Gasteiger partial charge in [0.2, 0.25) is 0 Å². The Bertz CT molecular complexity index is 926. The van der Waals surface area contributed by atoms with Crippen molar-refractivity contribution in [1.29, 1.82) is 0 Å². The molecule has 1 aliphatic carbocycles. The molecule has 2 aliphatic rings. The van der Waals surface area contributed by atoms with E-state index in [0.717, 1.165) is 18.4 Å². The van der Waals surface area contributed by atoms with Crippen LogP contribution in [0.15, 0.2) is 48.5 Å². The first-order valence-corrected chi connectivity index (χ1v) is 9.62. The van der Waals surface area contributed by atoms with E-state index in [1.807, 2.05) is 24.3 Å². The van der Waals surface area contributed by atoms with E-state index in [-0.39, 0.29) is 11.9 Å². The molecule has 1 saturated carbocycles. The maximum atomic E-state index is 12.5. The van der Waals surface area contributed by atoms with Crippen molar-refractivity contribution in [3.63, 3.8) is 0 Å². The third-order valence-electron chi connectivity index (χ3n) is 4.87. The summed E-state index contributed by atoms with van der Waals surface area (Å²) in [6, 6.07) is 14.2. The van der Waals surface area contributed by atoms with Crippen LogP contribution in [0.3, 0.4) is 0 Å². The number of hydrogen-bond donors (Lipinski definition) is 2. The predicted octanol–water partition coefficient (Wildman–Crippen LogP) is 3.28. The van der Waals surface area contributed by atoms with Crippen LogP contribution < -0.4 is 14.8 Å². The Morgan fingerprint density at radius 2 is 1.93 bits per heavy atom. The van der Waals surface area contributed by atoms with Crippen molar-refractivity contribution in [1.82, 2.24) is 5.32 Å². The van der Waals surface area contributed by atoms with E-state index in [2.05, 4.69) is 17.2 Å². The molecule has 2 atom stereocenters. The van der Waals surface area contributed by atoms with Crippen molar-refractivity contribution in [2.24, 2.45) is 0 Å². The van der Waals surface area contributed by atoms with Crippen molar-refractivity contribution in [2.75, 3.05) is 0 Å². The van der Waals surface area contributed by atoms with Crippen molar-refractivity contribution in [3.8, 4) is 23.3 Å². The molecule has 144 valence electrons. The summed E-state index contributed by atoms with van der Waals surface area (Å²) in [7, 11) is 0. The number of carbonyl (C=O) groups is 1. The molecule has 1 aliphatic heterocycles. The smallest absolute Gasteiger partial charge is 0.321 e. The second kappa shape index (κ2) is 7.75. The van der Waals surface area contributed by atoms with Gasteiger partial charge in [-0.15, -0.1) is 0 Å². The van der Waals surface area contributed by atoms with Gasteiger partial charge in [0, 0.05) is 23.0 Å². The van der Waals surface area contributed by atoms with Crippen LogP contribution in [0.4, 0.5) is 0 Å². The lowest BCUT2D eigenvalue weighted by molar-refractivity contribution is -0.138. The number of benzene rings is 2. The fourth-order valence-corrected chi connectivity index (χ4v) is 3.71. The fourth-order valence-electron chi connectivity index (χ4n) is 3.52. The van der Waals surface area contributed by atoms with E-state index < -0.39 is 11.9 Å². The average Bonchev–Trinajstić information content (AvgIpc) is 3.11. The van der Waals surface area contributed by atoms with E-state index in [0.29, 0.717) is 29.4 Å². The normalized spacial score (nSPS) is 23.6. The Hall–Kier alpha value is -2.68. The Balaban J connectivity index is 1.38. The second-order valence-electron chi connectivity index (χ2n) is 7.11. The molecule has 1 heterocycles. The van der Waals surface area contributed by atoms with Crippen molar-refractivity contribution < 1.29 is 19.4 Å². The van der Waals surface area contributed by atoms with E-state index >= 15 is 0 Å². The molecule has 0 spiro atoms. The maximum absolute atomic E-state index is 12.5. The highest BCUT2D eigenvalue weighted by Gasteiger charge is 2.37. The second-order valence-corrected chi connectivity index (χ2v) is 7.54. The van der Waals surface area contributed by atoms with Crippen LogP contribution in [0.5, 0.6) is 11.5 Å². The molecule has 1 amide bonds. The zero-order valence-corrected chi connectivity index (χ0v) is 15.9. The number of para-hydroxylation sites is 2. The topological polar surface area (TPSA) is 67.8 Å². The van der Waals surface area contributed by atoms with Gasteiger partial charge in [-0.2, -0.15) is 0 Å². The van der Waals surface area contributed by atoms with Gasteiger partial charge in [-0.05, 0) is 49.6 Å². The number of nitrogens with one attached hydrogen (secondary N) is 1. The Kier molecular flexibility index (Phi) is 5.17. The highest BCUT2D eigenvalue weighted by atomic mass is 35.5. The number of rotatable bonds is 2. The minimum Gasteiger partial charge on any atom is -0.442 e. The van der Waals surface area contributed by atoms with Crippen LogP contribution >= 0.6 is 11.6 Å². The predicted molar refractivity (Wildman–Crippen MR) is 105 cm³/mol. The van der Waals surface area contributed by atoms with Crippen LogP contribution in [0, 0.1) is 11.8 Å². The molecule has 2 aromatic rings. The molecule has 0 unspecified atom stereocenters. The molecular weight excluding hydrogens is 378 g/mol. The minimum absolute atomic E-state index is 0.198. The van der Waals surface area contributed by atoms with Crippen molar-refractivity contribution in [3.05, 3.63) is 59.1 Å². The van der Waals surface area contributed by atoms with Crippen LogP contribution in [-0.4, -0.2) is 28.9 Å². The largest absolute Gasteiger partial charge is 0.442 e. The first-order valence-electron chi connectivity index (χ1n) is 9.25. The van der Waals surface area contributed by atoms with Crippen LogP contribution in [0.25, 0.3) is 0 Å². The SMILES string of the molecule is O=C(N[C@@H]1CCC[C@](O)(C#Cc2cccc(Cl)c2)C1)C1Oc2ccccc2O1. The molecule has 5 nitrogen and oxygen atoms in total. The summed E-state index contributed by atoms with van der Waals surface area (Å²) in [4.78, 5) is 12.5. The molecule has 1 fully saturated rings. The van der Waals surface area contributed by atoms with Gasteiger partial charge in [0.05, 0.1) is 0 Å². The number of aliphatic hydroxyl groups is 1. The number of fused-ring (bicyclic) bond motifs is 1. The van der Waals surface area contributed by atoms with Gasteiger partial charge >= 0.3 is 12.2 Å². The average molecular weight is 398 g/mol. The first kappa shape index (κ1) is 18.7. The third kappa shape index (κ3) is 4.24. The molecule has 0 saturated heterocycles. The molecule has 4 rings (SSSR count). The quantitative estimate of drug-likeness (QED) is 0.763. The number of amides is 1. The summed E-state index contributed by atoms with van der Waals surface area (Å²) in [5, 5.41) is 14.4. The highest BCUT2D eigenvalue weighted by molar-refractivity contribution is 6.30. The summed E-state index contributed by atoms with van der Waals surface area (Å²) in [5.41, 5.74) is -0.406. The zero-order chi connectivity index (χ0) is 19.6. The van der Waals surface area contributed by atoms with E-state index in [1.54, 1.807) is 24.3 Å². The number of halogens is 1. The van der Waals surface area contributed by atoms with Gasteiger partial charge < -0.3 is 19.9 Å². The summed E-state index contributed by atoms with van der Waals surface area (Å²) in [6.45, 7) is 0. The van der Waals surface area contributed by atoms with Gasteiger partial charge in [-0.25, -0.2) is 0 Å². The molecule has 2 aromatic carbocycles. The van der Waals surface area contributed by atoms with Crippen LogP contribution in [-0.2, 0) is 4.79 Å². The van der Waals surface area contributed by atoms with Crippen LogP contribution in [0.1, 0.15) is 31.2 Å². The van der Waals surface area contributed by atoms with Gasteiger partial charge in [-0.3, -0.25) is 4.79 Å². The molecule has 0 aromatic heterocycles. The monoisotopic (exact) mass is 397 g/mol. The van der Waals surface area contributed by atoms with Gasteiger partial charge in [0.1, 0.15) is 5.60 Å². The summed E-state index contributed by atoms with van der Waals surface area (Å²) >= 11 is 5.98. The minimum atomic E-state index is -1.15. The molecule has 6 heteroatoms. The summed E-state index contributed by atoms with van der Waals surface area (Å²) < 4.78 is 11.1. The Morgan fingerprint density at radius 1 is 1.18 bits per heavy atom. The Labute approximate surface area is 168 Å². The lowest BCUT2D eigenvalue weighted by atomic mass is 9.82. The molecule has 0 radical (unpaired) electrons. The number of carbonyl (C=O) groups excluding carboxylic acids is 1. The lowest BCUT2D eigenvalue weighted by Crippen LogP contribution is -2.49. The molecule has 0 bridgehead atoms. The molecular formula is C22H20ClNO4. The van der Waals surface area contributed by atoms with Crippen LogP contribution in [0.2, 0.25) is 5.02 Å². The Morgan fingerprint density at radius 3 is 2.64 bits per heavy atom. The summed E-state index contributed by atoms with van der Waals surface area (Å²) in [6.07, 6.45) is 1.44. The standard InChI is InChI=1S/C22H20ClNO4/c23-16-6-3-5-15(13-16)10-12-22(26)11-4-7-17(14-22)24-20(25)21-27-18-8-1-2-9-19(18)28-21/h1-3,5-6,8-9,13,17,21,26H,4,7,11,14H2,(H,24,25)/t17-,22+/m1/s1. The van der Waals surface area contributed by atoms with E-state index in [1.165, 1.54) is 0 Å². The molecule has 2 N–H and O–H groups in total. The lowest BCUT2D eigenvalue weighted by Gasteiger charge is -2.33. The highest BCUT2D eigenvalue weighted by Crippen LogP contribution is 2.34. The van der Waals surface area contributed by atoms with Gasteiger partial charge in [0.25, 0.3) is 0 Å². The fraction of sp³-hybridized carbons (Fsp3) is 0.318. The van der Waals surface area contributed by atoms with Gasteiger partial charge in [0.15, 0.2) is 11.5 Å². The zero-order valence-electron chi connectivity index (χ0n) is 15.2. The first-order chi connectivity index (χ1) is 13.5. The van der Waals surface area contributed by atoms with E-state index in [9.17, 15) is 9.90 Å². The number of ether oxygens (including phenoxy) is 2. The molecule has 28 heavy (non-hydrogen) atoms. The van der Waals surface area contributed by atoms with Crippen molar-refractivity contribution in [2.45, 2.75) is 43.6 Å². The van der Waals surface area contributed by atoms with Crippen molar-refractivity contribution >= 4 is 17.5 Å². The summed E-state index contributed by atoms with van der Waals surface area (Å²) in [5.74, 6) is 6.70. The third-order valence-corrected chi connectivity index (χ3v) is 5.10. The maximum Gasteiger partial charge on any atom is 0.321 e. The number of hydrogen-bond acceptors (Lipinski definition) is 4. The van der Waals surface area contributed by atoms with Gasteiger partial charge in [-0.1, -0.05) is 41.6 Å². The van der Waals surface area contributed by atoms with E-state index in [4.69, 9.17) is 21.1 Å².